The third-order valence-electron chi connectivity index (χ3n) is 2.38. The zero-order valence-electron chi connectivity index (χ0n) is 10.1. The highest BCUT2D eigenvalue weighted by molar-refractivity contribution is 7.89. The van der Waals surface area contributed by atoms with Crippen molar-refractivity contribution < 1.29 is 8.42 Å². The van der Waals surface area contributed by atoms with Crippen LogP contribution in [-0.4, -0.2) is 39.2 Å². The summed E-state index contributed by atoms with van der Waals surface area (Å²) in [6.45, 7) is 0. The summed E-state index contributed by atoms with van der Waals surface area (Å²) in [4.78, 5) is 1.82. The van der Waals surface area contributed by atoms with Crippen LogP contribution in [-0.2, 0) is 10.0 Å². The molecule has 0 heterocycles. The van der Waals surface area contributed by atoms with E-state index >= 15 is 0 Å². The Morgan fingerprint density at radius 2 is 1.88 bits per heavy atom. The quantitative estimate of drug-likeness (QED) is 0.850. The van der Waals surface area contributed by atoms with Crippen molar-refractivity contribution in [2.24, 2.45) is 5.14 Å². The molecule has 1 aromatic carbocycles. The first kappa shape index (κ1) is 13.9. The summed E-state index contributed by atoms with van der Waals surface area (Å²) in [6.07, 6.45) is 3.75. The van der Waals surface area contributed by atoms with Gasteiger partial charge in [-0.15, -0.1) is 0 Å². The number of sulfonamides is 1. The van der Waals surface area contributed by atoms with E-state index in [1.165, 1.54) is 0 Å². The first-order chi connectivity index (χ1) is 7.88. The molecule has 5 heteroatoms. The summed E-state index contributed by atoms with van der Waals surface area (Å²) >= 11 is 0. The topological polar surface area (TPSA) is 63.4 Å². The minimum Gasteiger partial charge on any atom is -0.302 e. The number of primary sulfonamides is 1. The predicted molar refractivity (Wildman–Crippen MR) is 70.9 cm³/mol. The van der Waals surface area contributed by atoms with E-state index < -0.39 is 10.0 Å². The molecular formula is C12H18N2O2S. The van der Waals surface area contributed by atoms with Crippen LogP contribution in [0, 0.1) is 0 Å². The molecule has 0 radical (unpaired) electrons. The van der Waals surface area contributed by atoms with Gasteiger partial charge in [-0.25, -0.2) is 13.6 Å². The van der Waals surface area contributed by atoms with Crippen LogP contribution < -0.4 is 5.14 Å². The van der Waals surface area contributed by atoms with Crippen molar-refractivity contribution in [3.63, 3.8) is 0 Å². The lowest BCUT2D eigenvalue weighted by Crippen LogP contribution is -2.35. The van der Waals surface area contributed by atoms with Gasteiger partial charge < -0.3 is 4.90 Å². The lowest BCUT2D eigenvalue weighted by atomic mass is 10.2. The molecule has 0 aliphatic carbocycles. The number of nitrogens with two attached hydrogens (primary N) is 1. The zero-order valence-corrected chi connectivity index (χ0v) is 10.9. The molecule has 1 rings (SSSR count). The van der Waals surface area contributed by atoms with E-state index in [4.69, 9.17) is 5.14 Å². The maximum atomic E-state index is 11.1. The van der Waals surface area contributed by atoms with Crippen molar-refractivity contribution in [3.8, 4) is 0 Å². The third kappa shape index (κ3) is 5.63. The molecule has 17 heavy (non-hydrogen) atoms. The minimum absolute atomic E-state index is 0.0800. The summed E-state index contributed by atoms with van der Waals surface area (Å²) in [7, 11) is 0.184. The summed E-state index contributed by atoms with van der Waals surface area (Å²) < 4.78 is 22.1. The van der Waals surface area contributed by atoms with Crippen LogP contribution in [0.3, 0.4) is 0 Å². The van der Waals surface area contributed by atoms with Crippen LogP contribution in [0.1, 0.15) is 5.56 Å². The van der Waals surface area contributed by atoms with Gasteiger partial charge in [0.2, 0.25) is 10.0 Å². The SMILES string of the molecule is CN(C)C(/C=C/c1ccccc1)CS(N)(=O)=O. The fraction of sp³-hybridized carbons (Fsp3) is 0.333. The van der Waals surface area contributed by atoms with Gasteiger partial charge in [-0.05, 0) is 19.7 Å². The van der Waals surface area contributed by atoms with E-state index in [9.17, 15) is 8.42 Å². The summed E-state index contributed by atoms with van der Waals surface area (Å²) in [5, 5.41) is 5.05. The van der Waals surface area contributed by atoms with Crippen LogP contribution >= 0.6 is 0 Å². The van der Waals surface area contributed by atoms with Gasteiger partial charge in [0.15, 0.2) is 0 Å². The molecule has 4 nitrogen and oxygen atoms in total. The Labute approximate surface area is 103 Å². The number of likely N-dealkylation sites (N-methyl/N-ethyl adjacent to an activating group) is 1. The van der Waals surface area contributed by atoms with Crippen molar-refractivity contribution in [1.82, 2.24) is 4.90 Å². The summed E-state index contributed by atoms with van der Waals surface area (Å²) in [5.41, 5.74) is 1.04. The highest BCUT2D eigenvalue weighted by Crippen LogP contribution is 2.05. The van der Waals surface area contributed by atoms with Crippen molar-refractivity contribution in [3.05, 3.63) is 42.0 Å². The summed E-state index contributed by atoms with van der Waals surface area (Å²) in [6, 6.07) is 9.50. The van der Waals surface area contributed by atoms with Crippen LogP contribution in [0.15, 0.2) is 36.4 Å². The fourth-order valence-corrected chi connectivity index (χ4v) is 2.29. The molecule has 0 amide bonds. The van der Waals surface area contributed by atoms with E-state index in [1.54, 1.807) is 0 Å². The number of hydrogen-bond donors (Lipinski definition) is 1. The van der Waals surface area contributed by atoms with Crippen LogP contribution in [0.4, 0.5) is 0 Å². The minimum atomic E-state index is -3.47. The smallest absolute Gasteiger partial charge is 0.210 e. The number of nitrogens with zero attached hydrogens (tertiary/aromatic N) is 1. The average Bonchev–Trinajstić information content (AvgIpc) is 2.24. The molecule has 0 spiro atoms. The van der Waals surface area contributed by atoms with E-state index in [2.05, 4.69) is 0 Å². The molecule has 2 N–H and O–H groups in total. The van der Waals surface area contributed by atoms with Gasteiger partial charge in [-0.3, -0.25) is 0 Å². The van der Waals surface area contributed by atoms with E-state index in [0.29, 0.717) is 0 Å². The number of benzene rings is 1. The third-order valence-corrected chi connectivity index (χ3v) is 3.18. The standard InChI is InChI=1S/C12H18N2O2S/c1-14(2)12(10-17(13,15)16)9-8-11-6-4-3-5-7-11/h3-9,12H,10H2,1-2H3,(H2,13,15,16)/b9-8+. The van der Waals surface area contributed by atoms with Gasteiger partial charge in [0, 0.05) is 6.04 Å². The highest BCUT2D eigenvalue weighted by Gasteiger charge is 2.14. The zero-order chi connectivity index (χ0) is 12.9. The first-order valence-corrected chi connectivity index (χ1v) is 7.00. The number of hydrogen-bond acceptors (Lipinski definition) is 3. The fourth-order valence-electron chi connectivity index (χ4n) is 1.40. The molecule has 1 aromatic rings. The Morgan fingerprint density at radius 1 is 1.29 bits per heavy atom. The second kappa shape index (κ2) is 5.95. The van der Waals surface area contributed by atoms with Gasteiger partial charge >= 0.3 is 0 Å². The van der Waals surface area contributed by atoms with Crippen molar-refractivity contribution in [2.45, 2.75) is 6.04 Å². The largest absolute Gasteiger partial charge is 0.302 e. The Hall–Kier alpha value is -1.17. The molecule has 94 valence electrons. The maximum absolute atomic E-state index is 11.1. The molecular weight excluding hydrogens is 236 g/mol. The molecule has 0 aliphatic rings. The normalized spacial score (nSPS) is 14.4. The second-order valence-electron chi connectivity index (χ2n) is 4.13. The van der Waals surface area contributed by atoms with E-state index in [0.717, 1.165) is 5.56 Å². The van der Waals surface area contributed by atoms with Crippen molar-refractivity contribution in [2.75, 3.05) is 19.8 Å². The molecule has 1 atom stereocenters. The van der Waals surface area contributed by atoms with Gasteiger partial charge in [0.05, 0.1) is 5.75 Å². The Balaban J connectivity index is 2.78. The first-order valence-electron chi connectivity index (χ1n) is 5.28. The Morgan fingerprint density at radius 3 is 2.35 bits per heavy atom. The predicted octanol–water partition coefficient (Wildman–Crippen LogP) is 0.918. The van der Waals surface area contributed by atoms with Crippen LogP contribution in [0.5, 0.6) is 0 Å². The molecule has 0 saturated carbocycles. The van der Waals surface area contributed by atoms with E-state index in [-0.39, 0.29) is 11.8 Å². The van der Waals surface area contributed by atoms with Crippen molar-refractivity contribution in [1.29, 1.82) is 0 Å². The van der Waals surface area contributed by atoms with Gasteiger partial charge in [-0.2, -0.15) is 0 Å². The second-order valence-corrected chi connectivity index (χ2v) is 5.79. The lowest BCUT2D eigenvalue weighted by molar-refractivity contribution is 0.365. The van der Waals surface area contributed by atoms with Gasteiger partial charge in [0.1, 0.15) is 0 Å². The van der Waals surface area contributed by atoms with Crippen LogP contribution in [0.2, 0.25) is 0 Å². The van der Waals surface area contributed by atoms with E-state index in [1.807, 2.05) is 61.5 Å². The highest BCUT2D eigenvalue weighted by atomic mass is 32.2. The maximum Gasteiger partial charge on any atom is 0.210 e. The number of rotatable bonds is 5. The van der Waals surface area contributed by atoms with Crippen LogP contribution in [0.25, 0.3) is 6.08 Å². The Kier molecular flexibility index (Phi) is 4.86. The molecule has 0 aliphatic heterocycles. The Bertz CT molecular complexity index is 467. The molecule has 0 saturated heterocycles. The monoisotopic (exact) mass is 254 g/mol. The summed E-state index contributed by atoms with van der Waals surface area (Å²) in [5.74, 6) is -0.0800. The van der Waals surface area contributed by atoms with Crippen molar-refractivity contribution >= 4 is 16.1 Å². The van der Waals surface area contributed by atoms with Gasteiger partial charge in [-0.1, -0.05) is 42.5 Å². The van der Waals surface area contributed by atoms with Gasteiger partial charge in [0.25, 0.3) is 0 Å². The lowest BCUT2D eigenvalue weighted by Gasteiger charge is -2.19. The molecule has 0 aromatic heterocycles. The molecule has 1 unspecified atom stereocenters. The average molecular weight is 254 g/mol. The molecule has 0 fully saturated rings. The molecule has 0 bridgehead atoms.